The molecule has 2 aromatic carbocycles. The first-order valence-electron chi connectivity index (χ1n) is 8.06. The highest BCUT2D eigenvalue weighted by Crippen LogP contribution is 2.51. The van der Waals surface area contributed by atoms with E-state index in [0.717, 1.165) is 42.0 Å². The van der Waals surface area contributed by atoms with Crippen molar-refractivity contribution >= 4 is 11.6 Å². The van der Waals surface area contributed by atoms with Gasteiger partial charge in [0.25, 0.3) is 0 Å². The summed E-state index contributed by atoms with van der Waals surface area (Å²) in [6.07, 6.45) is 3.38. The zero-order valence-electron chi connectivity index (χ0n) is 13.5. The lowest BCUT2D eigenvalue weighted by atomic mass is 9.75. The quantitative estimate of drug-likeness (QED) is 0.550. The maximum Gasteiger partial charge on any atom is 0.131 e. The molecule has 122 valence electrons. The SMILES string of the molecule is CC1(C)CCC[C@@H]1c1cc(CCl)ccc1-c1cc(F)ccc1F. The molecular weight excluding hydrogens is 314 g/mol. The molecule has 1 saturated carbocycles. The van der Waals surface area contributed by atoms with Gasteiger partial charge < -0.3 is 0 Å². The summed E-state index contributed by atoms with van der Waals surface area (Å²) < 4.78 is 28.0. The van der Waals surface area contributed by atoms with Crippen LogP contribution in [0.5, 0.6) is 0 Å². The highest BCUT2D eigenvalue weighted by atomic mass is 35.5. The molecule has 1 aliphatic carbocycles. The van der Waals surface area contributed by atoms with Crippen LogP contribution in [-0.2, 0) is 5.88 Å². The minimum Gasteiger partial charge on any atom is -0.207 e. The highest BCUT2D eigenvalue weighted by Gasteiger charge is 2.37. The number of hydrogen-bond acceptors (Lipinski definition) is 0. The maximum atomic E-state index is 14.3. The fourth-order valence-corrected chi connectivity index (χ4v) is 4.00. The topological polar surface area (TPSA) is 0 Å². The number of halogens is 3. The third kappa shape index (κ3) is 3.14. The van der Waals surface area contributed by atoms with Gasteiger partial charge in [-0.15, -0.1) is 11.6 Å². The smallest absolute Gasteiger partial charge is 0.131 e. The van der Waals surface area contributed by atoms with Gasteiger partial charge in [0.1, 0.15) is 11.6 Å². The molecule has 3 rings (SSSR count). The van der Waals surface area contributed by atoms with Crippen molar-refractivity contribution in [1.29, 1.82) is 0 Å². The third-order valence-electron chi connectivity index (χ3n) is 5.12. The summed E-state index contributed by atoms with van der Waals surface area (Å²) in [5.74, 6) is -0.0450. The van der Waals surface area contributed by atoms with E-state index in [0.29, 0.717) is 17.4 Å². The Kier molecular flexibility index (Phi) is 4.46. The van der Waals surface area contributed by atoms with E-state index in [4.69, 9.17) is 11.6 Å². The summed E-state index contributed by atoms with van der Waals surface area (Å²) >= 11 is 6.00. The van der Waals surface area contributed by atoms with Gasteiger partial charge in [-0.2, -0.15) is 0 Å². The standard InChI is InChI=1S/C20H21ClF2/c1-20(2)9-3-4-18(20)16-10-13(12-21)5-7-15(16)17-11-14(22)6-8-19(17)23/h5-8,10-11,18H,3-4,9,12H2,1-2H3/t18-/m1/s1. The Labute approximate surface area is 141 Å². The molecule has 0 unspecified atom stereocenters. The van der Waals surface area contributed by atoms with E-state index in [1.165, 1.54) is 12.1 Å². The second kappa shape index (κ2) is 6.24. The van der Waals surface area contributed by atoms with Crippen molar-refractivity contribution in [1.82, 2.24) is 0 Å². The third-order valence-corrected chi connectivity index (χ3v) is 5.43. The number of benzene rings is 2. The fraction of sp³-hybridized carbons (Fsp3) is 0.400. The van der Waals surface area contributed by atoms with Crippen molar-refractivity contribution < 1.29 is 8.78 Å². The molecule has 0 spiro atoms. The van der Waals surface area contributed by atoms with E-state index in [-0.39, 0.29) is 11.2 Å². The molecule has 0 amide bonds. The molecule has 0 nitrogen and oxygen atoms in total. The minimum absolute atomic E-state index is 0.156. The summed E-state index contributed by atoms with van der Waals surface area (Å²) in [5.41, 5.74) is 3.39. The average molecular weight is 335 g/mol. The summed E-state index contributed by atoms with van der Waals surface area (Å²) in [7, 11) is 0. The van der Waals surface area contributed by atoms with Crippen molar-refractivity contribution in [2.45, 2.75) is 44.9 Å². The summed E-state index contributed by atoms with van der Waals surface area (Å²) in [6.45, 7) is 4.51. The Balaban J connectivity index is 2.19. The van der Waals surface area contributed by atoms with E-state index in [1.54, 1.807) is 0 Å². The number of hydrogen-bond donors (Lipinski definition) is 0. The molecule has 3 heteroatoms. The molecule has 0 saturated heterocycles. The fourth-order valence-electron chi connectivity index (χ4n) is 3.84. The van der Waals surface area contributed by atoms with E-state index in [9.17, 15) is 8.78 Å². The molecule has 1 atom stereocenters. The van der Waals surface area contributed by atoms with Gasteiger partial charge in [-0.05, 0) is 59.1 Å². The Bertz CT molecular complexity index is 722. The molecule has 0 radical (unpaired) electrons. The molecule has 0 bridgehead atoms. The molecule has 0 aliphatic heterocycles. The zero-order valence-corrected chi connectivity index (χ0v) is 14.3. The summed E-state index contributed by atoms with van der Waals surface area (Å²) in [4.78, 5) is 0. The van der Waals surface area contributed by atoms with Crippen molar-refractivity contribution in [2.75, 3.05) is 0 Å². The van der Waals surface area contributed by atoms with Gasteiger partial charge in [0.15, 0.2) is 0 Å². The molecule has 1 aliphatic rings. The number of alkyl halides is 1. The first-order chi connectivity index (χ1) is 10.9. The van der Waals surface area contributed by atoms with Gasteiger partial charge >= 0.3 is 0 Å². The van der Waals surface area contributed by atoms with Gasteiger partial charge in [-0.1, -0.05) is 38.5 Å². The van der Waals surface area contributed by atoms with Crippen LogP contribution in [0.3, 0.4) is 0 Å². The molecular formula is C20H21ClF2. The van der Waals surface area contributed by atoms with Crippen LogP contribution in [0.2, 0.25) is 0 Å². The van der Waals surface area contributed by atoms with Crippen molar-refractivity contribution in [2.24, 2.45) is 5.41 Å². The second-order valence-corrected chi connectivity index (χ2v) is 7.38. The van der Waals surface area contributed by atoms with Gasteiger partial charge in [-0.3, -0.25) is 0 Å². The zero-order chi connectivity index (χ0) is 16.6. The predicted octanol–water partition coefficient (Wildman–Crippen LogP) is 6.66. The molecule has 2 aromatic rings. The maximum absolute atomic E-state index is 14.3. The monoisotopic (exact) mass is 334 g/mol. The van der Waals surface area contributed by atoms with E-state index >= 15 is 0 Å². The van der Waals surface area contributed by atoms with Crippen LogP contribution < -0.4 is 0 Å². The van der Waals surface area contributed by atoms with E-state index < -0.39 is 5.82 Å². The lowest BCUT2D eigenvalue weighted by Gasteiger charge is -2.29. The molecule has 1 fully saturated rings. The summed E-state index contributed by atoms with van der Waals surface area (Å²) in [6, 6.07) is 9.51. The van der Waals surface area contributed by atoms with Gasteiger partial charge in [0, 0.05) is 11.4 Å². The Morgan fingerprint density at radius 2 is 1.87 bits per heavy atom. The normalized spacial score (nSPS) is 20.0. The van der Waals surface area contributed by atoms with Crippen LogP contribution in [0.4, 0.5) is 8.78 Å². The van der Waals surface area contributed by atoms with Crippen LogP contribution in [0, 0.1) is 17.0 Å². The van der Waals surface area contributed by atoms with Crippen LogP contribution in [0.25, 0.3) is 11.1 Å². The van der Waals surface area contributed by atoms with Crippen LogP contribution in [0.15, 0.2) is 36.4 Å². The average Bonchev–Trinajstić information content (AvgIpc) is 2.88. The first kappa shape index (κ1) is 16.4. The largest absolute Gasteiger partial charge is 0.207 e. The molecule has 0 aromatic heterocycles. The van der Waals surface area contributed by atoms with Crippen molar-refractivity contribution in [3.8, 4) is 11.1 Å². The Morgan fingerprint density at radius 1 is 1.09 bits per heavy atom. The highest BCUT2D eigenvalue weighted by molar-refractivity contribution is 6.17. The Hall–Kier alpha value is -1.41. The molecule has 0 N–H and O–H groups in total. The van der Waals surface area contributed by atoms with Crippen LogP contribution in [-0.4, -0.2) is 0 Å². The van der Waals surface area contributed by atoms with E-state index in [2.05, 4.69) is 19.9 Å². The predicted molar refractivity (Wildman–Crippen MR) is 91.7 cm³/mol. The van der Waals surface area contributed by atoms with E-state index in [1.807, 2.05) is 12.1 Å². The van der Waals surface area contributed by atoms with Gasteiger partial charge in [0.05, 0.1) is 0 Å². The summed E-state index contributed by atoms with van der Waals surface area (Å²) in [5, 5.41) is 0. The van der Waals surface area contributed by atoms with Crippen molar-refractivity contribution in [3.63, 3.8) is 0 Å². The van der Waals surface area contributed by atoms with Gasteiger partial charge in [-0.25, -0.2) is 8.78 Å². The molecule has 23 heavy (non-hydrogen) atoms. The van der Waals surface area contributed by atoms with Gasteiger partial charge in [0.2, 0.25) is 0 Å². The number of rotatable bonds is 3. The minimum atomic E-state index is -0.417. The Morgan fingerprint density at radius 3 is 2.52 bits per heavy atom. The second-order valence-electron chi connectivity index (χ2n) is 7.11. The van der Waals surface area contributed by atoms with Crippen molar-refractivity contribution in [3.05, 3.63) is 59.2 Å². The lowest BCUT2D eigenvalue weighted by Crippen LogP contribution is -2.16. The lowest BCUT2D eigenvalue weighted by molar-refractivity contribution is 0.332. The molecule has 0 heterocycles. The van der Waals surface area contributed by atoms with Crippen LogP contribution >= 0.6 is 11.6 Å². The van der Waals surface area contributed by atoms with Crippen LogP contribution in [0.1, 0.15) is 50.2 Å². The first-order valence-corrected chi connectivity index (χ1v) is 8.60.